The molecule has 2 aliphatic heterocycles. The third-order valence-corrected chi connectivity index (χ3v) is 11.2. The summed E-state index contributed by atoms with van der Waals surface area (Å²) < 4.78 is 23.1. The zero-order valence-corrected chi connectivity index (χ0v) is 30.7. The van der Waals surface area contributed by atoms with Crippen LogP contribution in [0, 0.1) is 12.7 Å². The summed E-state index contributed by atoms with van der Waals surface area (Å²) in [6.45, 7) is 14.7. The van der Waals surface area contributed by atoms with Crippen LogP contribution in [0.3, 0.4) is 0 Å². The molecule has 0 spiro atoms. The highest BCUT2D eigenvalue weighted by atomic mass is 35.5. The van der Waals surface area contributed by atoms with Gasteiger partial charge in [-0.05, 0) is 97.8 Å². The minimum absolute atomic E-state index is 0.129. The van der Waals surface area contributed by atoms with Crippen molar-refractivity contribution >= 4 is 51.3 Å². The third kappa shape index (κ3) is 6.25. The van der Waals surface area contributed by atoms with Crippen molar-refractivity contribution in [1.29, 1.82) is 0 Å². The Balaban J connectivity index is 1.22. The largest absolute Gasteiger partial charge is 0.444 e. The molecule has 2 aromatic heterocycles. The second-order valence-corrected chi connectivity index (χ2v) is 16.5. The number of nitrogens with zero attached hydrogens (tertiary/aromatic N) is 6. The second-order valence-electron chi connectivity index (χ2n) is 16.0. The lowest BCUT2D eigenvalue weighted by molar-refractivity contribution is 0.0130. The van der Waals surface area contributed by atoms with E-state index in [2.05, 4.69) is 32.2 Å². The fourth-order valence-corrected chi connectivity index (χ4v) is 8.23. The van der Waals surface area contributed by atoms with Crippen LogP contribution in [-0.2, 0) is 4.74 Å². The second kappa shape index (κ2) is 12.5. The summed E-state index contributed by atoms with van der Waals surface area (Å²) in [5.41, 5.74) is 3.51. The van der Waals surface area contributed by atoms with Gasteiger partial charge in [0.05, 0.1) is 10.5 Å². The molecule has 1 amide bonds. The number of aryl methyl sites for hydroxylation is 1. The van der Waals surface area contributed by atoms with Crippen LogP contribution >= 0.6 is 11.6 Å². The molecule has 4 aromatic rings. The minimum atomic E-state index is -0.597. The van der Waals surface area contributed by atoms with Gasteiger partial charge in [0.15, 0.2) is 5.82 Å². The first-order valence-electron chi connectivity index (χ1n) is 18.3. The van der Waals surface area contributed by atoms with Gasteiger partial charge in [0.1, 0.15) is 16.9 Å². The van der Waals surface area contributed by atoms with Crippen LogP contribution in [-0.4, -0.2) is 92.0 Å². The molecular formula is C38H48ClFN8O2. The highest BCUT2D eigenvalue weighted by molar-refractivity contribution is 6.35. The topological polar surface area (TPSA) is 103 Å². The van der Waals surface area contributed by atoms with Crippen LogP contribution in [0.1, 0.15) is 90.3 Å². The molecule has 2 aliphatic carbocycles. The molecule has 4 fully saturated rings. The van der Waals surface area contributed by atoms with E-state index in [1.807, 2.05) is 52.8 Å². The van der Waals surface area contributed by atoms with Gasteiger partial charge in [0.25, 0.3) is 0 Å². The maximum atomic E-state index is 17.4. The molecule has 4 aliphatic rings. The summed E-state index contributed by atoms with van der Waals surface area (Å²) in [5, 5.41) is 13.2. The Bertz CT molecular complexity index is 1960. The van der Waals surface area contributed by atoms with E-state index in [1.165, 1.54) is 12.8 Å². The van der Waals surface area contributed by atoms with Gasteiger partial charge >= 0.3 is 6.09 Å². The van der Waals surface area contributed by atoms with Crippen molar-refractivity contribution in [3.63, 3.8) is 0 Å². The Morgan fingerprint density at radius 2 is 1.76 bits per heavy atom. The number of rotatable bonds is 6. The van der Waals surface area contributed by atoms with Crippen LogP contribution in [0.4, 0.5) is 21.0 Å². The van der Waals surface area contributed by atoms with E-state index in [4.69, 9.17) is 26.3 Å². The van der Waals surface area contributed by atoms with Gasteiger partial charge in [-0.15, -0.1) is 0 Å². The van der Waals surface area contributed by atoms with Crippen molar-refractivity contribution in [2.75, 3.05) is 36.4 Å². The van der Waals surface area contributed by atoms with Gasteiger partial charge in [-0.3, -0.25) is 5.10 Å². The van der Waals surface area contributed by atoms with E-state index in [9.17, 15) is 4.79 Å². The van der Waals surface area contributed by atoms with Crippen molar-refractivity contribution < 1.29 is 13.9 Å². The first kappa shape index (κ1) is 33.4. The van der Waals surface area contributed by atoms with Gasteiger partial charge < -0.3 is 24.8 Å². The summed E-state index contributed by atoms with van der Waals surface area (Å²) in [4.78, 5) is 29.7. The number of benzene rings is 2. The molecule has 0 unspecified atom stereocenters. The number of halogens is 2. The average molecular weight is 703 g/mol. The number of piperidine rings is 1. The lowest BCUT2D eigenvalue weighted by Crippen LogP contribution is -2.59. The molecule has 2 aromatic carbocycles. The van der Waals surface area contributed by atoms with Gasteiger partial charge in [-0.25, -0.2) is 14.2 Å². The predicted octanol–water partition coefficient (Wildman–Crippen LogP) is 8.02. The zero-order chi connectivity index (χ0) is 35.1. The van der Waals surface area contributed by atoms with E-state index in [0.717, 1.165) is 72.5 Å². The molecule has 8 rings (SSSR count). The number of fused-ring (bicyclic) bond motifs is 2. The number of likely N-dealkylation sites (tertiary alicyclic amines) is 1. The number of nitrogens with one attached hydrogen (secondary N) is 2. The lowest BCUT2D eigenvalue weighted by Gasteiger charge is -2.45. The third-order valence-electron chi connectivity index (χ3n) is 10.9. The maximum Gasteiger partial charge on any atom is 0.410 e. The lowest BCUT2D eigenvalue weighted by atomic mass is 9.93. The smallest absolute Gasteiger partial charge is 0.410 e. The number of carbonyl (C=O) groups excluding carboxylic acids is 1. The number of H-pyrrole nitrogens is 1. The summed E-state index contributed by atoms with van der Waals surface area (Å²) in [7, 11) is 0. The van der Waals surface area contributed by atoms with E-state index in [0.29, 0.717) is 46.7 Å². The van der Waals surface area contributed by atoms with E-state index in [-0.39, 0.29) is 29.7 Å². The number of aromatic nitrogens is 4. The van der Waals surface area contributed by atoms with Crippen LogP contribution in [0.25, 0.3) is 32.9 Å². The van der Waals surface area contributed by atoms with Crippen molar-refractivity contribution in [3.8, 4) is 11.1 Å². The summed E-state index contributed by atoms with van der Waals surface area (Å²) in [6.07, 6.45) is 6.39. The number of aromatic amines is 1. The van der Waals surface area contributed by atoms with Crippen molar-refractivity contribution in [2.45, 2.75) is 116 Å². The molecule has 0 bridgehead atoms. The summed E-state index contributed by atoms with van der Waals surface area (Å²) in [6, 6.07) is 6.42. The molecule has 2 N–H and O–H groups in total. The van der Waals surface area contributed by atoms with Crippen LogP contribution < -0.4 is 10.2 Å². The molecule has 2 saturated carbocycles. The Labute approximate surface area is 298 Å². The molecule has 10 nitrogen and oxygen atoms in total. The zero-order valence-electron chi connectivity index (χ0n) is 29.9. The van der Waals surface area contributed by atoms with Crippen LogP contribution in [0.15, 0.2) is 18.2 Å². The maximum absolute atomic E-state index is 17.4. The highest BCUT2D eigenvalue weighted by Crippen LogP contribution is 2.48. The summed E-state index contributed by atoms with van der Waals surface area (Å²) >= 11 is 7.14. The normalized spacial score (nSPS) is 22.5. The Hall–Kier alpha value is -3.70. The SMILES string of the molecule is Cc1ccc2n[nH]c(C3CC3)c2c1-c1c(Cl)cc2c(N3C[C@@H](C)N(C(=O)OC(C)(C)C)C[C@@H]3C)nc(NC3CCN(C4CC4)CC3)nc2c1F. The fourth-order valence-electron chi connectivity index (χ4n) is 7.95. The Kier molecular flexibility index (Phi) is 8.37. The van der Waals surface area contributed by atoms with Gasteiger partial charge in [0.2, 0.25) is 5.95 Å². The van der Waals surface area contributed by atoms with Crippen LogP contribution in [0.5, 0.6) is 0 Å². The number of piperazine rings is 1. The fraction of sp³-hybridized carbons (Fsp3) is 0.579. The molecule has 2 saturated heterocycles. The molecular weight excluding hydrogens is 655 g/mol. The molecule has 0 radical (unpaired) electrons. The Morgan fingerprint density at radius 3 is 2.44 bits per heavy atom. The van der Waals surface area contributed by atoms with E-state index < -0.39 is 11.4 Å². The first-order chi connectivity index (χ1) is 23.9. The predicted molar refractivity (Wildman–Crippen MR) is 197 cm³/mol. The minimum Gasteiger partial charge on any atom is -0.444 e. The van der Waals surface area contributed by atoms with Crippen molar-refractivity contribution in [3.05, 3.63) is 40.3 Å². The van der Waals surface area contributed by atoms with Crippen LogP contribution in [0.2, 0.25) is 5.02 Å². The quantitative estimate of drug-likeness (QED) is 0.208. The monoisotopic (exact) mass is 702 g/mol. The highest BCUT2D eigenvalue weighted by Gasteiger charge is 2.38. The number of hydrogen-bond donors (Lipinski definition) is 2. The average Bonchev–Trinajstić information content (AvgIpc) is 4.01. The number of carbonyl (C=O) groups is 1. The summed E-state index contributed by atoms with van der Waals surface area (Å²) in [5.74, 6) is 0.951. The van der Waals surface area contributed by atoms with Crippen molar-refractivity contribution in [2.24, 2.45) is 0 Å². The number of amides is 1. The molecule has 2 atom stereocenters. The van der Waals surface area contributed by atoms with Crippen molar-refractivity contribution in [1.82, 2.24) is 30.0 Å². The van der Waals surface area contributed by atoms with E-state index in [1.54, 1.807) is 4.90 Å². The Morgan fingerprint density at radius 1 is 1.02 bits per heavy atom. The van der Waals surface area contributed by atoms with Gasteiger partial charge in [0, 0.05) is 83.9 Å². The first-order valence-corrected chi connectivity index (χ1v) is 18.7. The molecule has 12 heteroatoms. The number of anilines is 2. The van der Waals surface area contributed by atoms with E-state index >= 15 is 4.39 Å². The van der Waals surface area contributed by atoms with Gasteiger partial charge in [-0.2, -0.15) is 10.1 Å². The van der Waals surface area contributed by atoms with Gasteiger partial charge in [-0.1, -0.05) is 17.7 Å². The molecule has 50 heavy (non-hydrogen) atoms. The number of hydrogen-bond acceptors (Lipinski definition) is 8. The number of ether oxygens (including phenoxy) is 1. The molecule has 266 valence electrons. The molecule has 4 heterocycles. The standard InChI is InChI=1S/C38H48ClFN8O2/c1-20-7-12-28-31(33(45-44-28)23-8-9-23)29(20)30-27(39)17-26-34(32(30)40)42-36(41-24-13-15-46(16-14-24)25-10-11-25)43-35(26)47-18-22(3)48(19-21(47)2)37(49)50-38(4,5)6/h7,12,17,21-25H,8-11,13-16,18-19H2,1-6H3,(H,44,45)(H,41,42,43)/t21-,22+/m0/s1.